The highest BCUT2D eigenvalue weighted by atomic mass is 35.5. The molecule has 1 aromatic carbocycles. The standard InChI is InChI=1S/C20H25ClN2O3/c1-25-17-3-2-15(21)7-16(17)19(22)23-26-18(24)11-20-8-12-4-13(9-20)6-14(5-12)10-20/h2-3,7,12-14H,4-6,8-11H2,1H3,(H2,22,23). The summed E-state index contributed by atoms with van der Waals surface area (Å²) in [5.41, 5.74) is 6.63. The second-order valence-corrected chi connectivity index (χ2v) is 8.82. The zero-order valence-corrected chi connectivity index (χ0v) is 15.8. The van der Waals surface area contributed by atoms with Gasteiger partial charge in [-0.3, -0.25) is 0 Å². The largest absolute Gasteiger partial charge is 0.496 e. The molecule has 140 valence electrons. The number of benzene rings is 1. The Morgan fingerprint density at radius 2 is 1.85 bits per heavy atom. The number of hydrogen-bond acceptors (Lipinski definition) is 4. The summed E-state index contributed by atoms with van der Waals surface area (Å²) in [5.74, 6) is 2.74. The molecule has 4 saturated carbocycles. The molecule has 0 atom stereocenters. The van der Waals surface area contributed by atoms with Crippen LogP contribution in [-0.2, 0) is 9.63 Å². The van der Waals surface area contributed by atoms with Crippen molar-refractivity contribution >= 4 is 23.4 Å². The molecule has 4 aliphatic rings. The van der Waals surface area contributed by atoms with E-state index in [4.69, 9.17) is 26.9 Å². The SMILES string of the molecule is COc1ccc(Cl)cc1/C(N)=N/OC(=O)CC12CC3CC(CC(C3)C1)C2. The molecule has 0 spiro atoms. The highest BCUT2D eigenvalue weighted by Gasteiger charge is 2.51. The molecule has 1 aromatic rings. The van der Waals surface area contributed by atoms with Crippen molar-refractivity contribution in [3.8, 4) is 5.75 Å². The average molecular weight is 377 g/mol. The van der Waals surface area contributed by atoms with E-state index >= 15 is 0 Å². The van der Waals surface area contributed by atoms with E-state index in [1.807, 2.05) is 0 Å². The van der Waals surface area contributed by atoms with Gasteiger partial charge in [0.25, 0.3) is 0 Å². The van der Waals surface area contributed by atoms with Gasteiger partial charge < -0.3 is 15.3 Å². The van der Waals surface area contributed by atoms with Gasteiger partial charge >= 0.3 is 5.97 Å². The molecule has 5 rings (SSSR count). The van der Waals surface area contributed by atoms with Gasteiger partial charge in [-0.2, -0.15) is 0 Å². The number of halogens is 1. The van der Waals surface area contributed by atoms with Crippen LogP contribution in [-0.4, -0.2) is 18.9 Å². The molecule has 4 fully saturated rings. The second-order valence-electron chi connectivity index (χ2n) is 8.38. The van der Waals surface area contributed by atoms with E-state index in [1.165, 1.54) is 19.3 Å². The lowest BCUT2D eigenvalue weighted by Crippen LogP contribution is -2.47. The molecule has 0 aliphatic heterocycles. The lowest BCUT2D eigenvalue weighted by Gasteiger charge is -2.56. The molecule has 4 bridgehead atoms. The lowest BCUT2D eigenvalue weighted by atomic mass is 9.49. The summed E-state index contributed by atoms with van der Waals surface area (Å²) in [4.78, 5) is 17.6. The van der Waals surface area contributed by atoms with Gasteiger partial charge in [0.05, 0.1) is 19.1 Å². The van der Waals surface area contributed by atoms with Gasteiger partial charge in [-0.05, 0) is 79.9 Å². The molecule has 5 nitrogen and oxygen atoms in total. The first-order chi connectivity index (χ1) is 12.5. The van der Waals surface area contributed by atoms with Crippen molar-refractivity contribution in [1.82, 2.24) is 0 Å². The zero-order valence-electron chi connectivity index (χ0n) is 15.0. The Morgan fingerprint density at radius 1 is 1.23 bits per heavy atom. The highest BCUT2D eigenvalue weighted by Crippen LogP contribution is 2.61. The summed E-state index contributed by atoms with van der Waals surface area (Å²) < 4.78 is 5.26. The average Bonchev–Trinajstić information content (AvgIpc) is 2.58. The number of rotatable bonds is 5. The normalized spacial score (nSPS) is 32.5. The van der Waals surface area contributed by atoms with Crippen LogP contribution >= 0.6 is 11.6 Å². The van der Waals surface area contributed by atoms with Crippen molar-refractivity contribution in [3.63, 3.8) is 0 Å². The maximum Gasteiger partial charge on any atom is 0.335 e. The summed E-state index contributed by atoms with van der Waals surface area (Å²) in [7, 11) is 1.54. The van der Waals surface area contributed by atoms with Gasteiger partial charge in [0.1, 0.15) is 5.75 Å². The van der Waals surface area contributed by atoms with Gasteiger partial charge in [0.15, 0.2) is 5.84 Å². The monoisotopic (exact) mass is 376 g/mol. The van der Waals surface area contributed by atoms with E-state index in [-0.39, 0.29) is 17.2 Å². The number of nitrogens with zero attached hydrogens (tertiary/aromatic N) is 1. The van der Waals surface area contributed by atoms with Gasteiger partial charge in [-0.25, -0.2) is 4.79 Å². The quantitative estimate of drug-likeness (QED) is 0.363. The Balaban J connectivity index is 1.42. The van der Waals surface area contributed by atoms with Crippen LogP contribution in [0, 0.1) is 23.2 Å². The Morgan fingerprint density at radius 3 is 2.42 bits per heavy atom. The second kappa shape index (κ2) is 6.76. The van der Waals surface area contributed by atoms with Crippen LogP contribution in [0.25, 0.3) is 0 Å². The Labute approximate surface area is 158 Å². The summed E-state index contributed by atoms with van der Waals surface area (Å²) >= 11 is 6.01. The Bertz CT molecular complexity index is 711. The number of oxime groups is 1. The molecular weight excluding hydrogens is 352 g/mol. The van der Waals surface area contributed by atoms with E-state index in [0.29, 0.717) is 22.8 Å². The predicted molar refractivity (Wildman–Crippen MR) is 100 cm³/mol. The number of ether oxygens (including phenoxy) is 1. The number of methoxy groups -OCH3 is 1. The van der Waals surface area contributed by atoms with Gasteiger partial charge in [-0.15, -0.1) is 0 Å². The topological polar surface area (TPSA) is 73.9 Å². The number of carbonyl (C=O) groups excluding carboxylic acids is 1. The third-order valence-electron chi connectivity index (χ3n) is 6.37. The smallest absolute Gasteiger partial charge is 0.335 e. The van der Waals surface area contributed by atoms with Gasteiger partial charge in [0, 0.05) is 5.02 Å². The molecular formula is C20H25ClN2O3. The minimum atomic E-state index is -0.295. The minimum absolute atomic E-state index is 0.0863. The molecule has 0 saturated heterocycles. The molecule has 6 heteroatoms. The molecule has 2 N–H and O–H groups in total. The first-order valence-electron chi connectivity index (χ1n) is 9.33. The predicted octanol–water partition coefficient (Wildman–Crippen LogP) is 4.12. The maximum absolute atomic E-state index is 12.4. The number of amidine groups is 1. The molecule has 0 unspecified atom stereocenters. The fourth-order valence-corrected chi connectivity index (χ4v) is 6.05. The zero-order chi connectivity index (χ0) is 18.3. The van der Waals surface area contributed by atoms with Gasteiger partial charge in [0.2, 0.25) is 0 Å². The fourth-order valence-electron chi connectivity index (χ4n) is 5.87. The Hall–Kier alpha value is -1.75. The van der Waals surface area contributed by atoms with Crippen LogP contribution in [0.5, 0.6) is 5.75 Å². The van der Waals surface area contributed by atoms with Crippen LogP contribution in [0.2, 0.25) is 5.02 Å². The van der Waals surface area contributed by atoms with Crippen LogP contribution in [0.15, 0.2) is 23.4 Å². The third kappa shape index (κ3) is 3.41. The van der Waals surface area contributed by atoms with E-state index in [9.17, 15) is 4.79 Å². The summed E-state index contributed by atoms with van der Waals surface area (Å²) in [5, 5.41) is 4.36. The third-order valence-corrected chi connectivity index (χ3v) is 6.60. The number of hydrogen-bond donors (Lipinski definition) is 1. The fraction of sp³-hybridized carbons (Fsp3) is 0.600. The van der Waals surface area contributed by atoms with Crippen molar-refractivity contribution in [3.05, 3.63) is 28.8 Å². The van der Waals surface area contributed by atoms with Crippen molar-refractivity contribution < 1.29 is 14.4 Å². The maximum atomic E-state index is 12.4. The van der Waals surface area contributed by atoms with Gasteiger partial charge in [-0.1, -0.05) is 16.8 Å². The molecule has 0 amide bonds. The van der Waals surface area contributed by atoms with Crippen molar-refractivity contribution in [1.29, 1.82) is 0 Å². The van der Waals surface area contributed by atoms with Crippen LogP contribution < -0.4 is 10.5 Å². The lowest BCUT2D eigenvalue weighted by molar-refractivity contribution is -0.152. The first-order valence-corrected chi connectivity index (χ1v) is 9.71. The highest BCUT2D eigenvalue weighted by molar-refractivity contribution is 6.31. The number of carbonyl (C=O) groups is 1. The molecule has 0 radical (unpaired) electrons. The molecule has 4 aliphatic carbocycles. The molecule has 0 heterocycles. The number of nitrogens with two attached hydrogens (primary N) is 1. The van der Waals surface area contributed by atoms with E-state index < -0.39 is 0 Å². The summed E-state index contributed by atoms with van der Waals surface area (Å²) in [6.07, 6.45) is 8.00. The van der Waals surface area contributed by atoms with E-state index in [1.54, 1.807) is 25.3 Å². The van der Waals surface area contributed by atoms with Crippen LogP contribution in [0.4, 0.5) is 0 Å². The van der Waals surface area contributed by atoms with Crippen molar-refractivity contribution in [2.45, 2.75) is 44.9 Å². The Kier molecular flexibility index (Phi) is 4.59. The minimum Gasteiger partial charge on any atom is -0.496 e. The molecule has 0 aromatic heterocycles. The van der Waals surface area contributed by atoms with E-state index in [2.05, 4.69) is 5.16 Å². The van der Waals surface area contributed by atoms with Crippen LogP contribution in [0.3, 0.4) is 0 Å². The first kappa shape index (κ1) is 17.7. The summed E-state index contributed by atoms with van der Waals surface area (Å²) in [6.45, 7) is 0. The molecule has 26 heavy (non-hydrogen) atoms. The summed E-state index contributed by atoms with van der Waals surface area (Å²) in [6, 6.07) is 5.06. The van der Waals surface area contributed by atoms with Crippen LogP contribution in [0.1, 0.15) is 50.5 Å². The van der Waals surface area contributed by atoms with Crippen molar-refractivity contribution in [2.75, 3.05) is 7.11 Å². The van der Waals surface area contributed by atoms with Crippen molar-refractivity contribution in [2.24, 2.45) is 34.1 Å². The van der Waals surface area contributed by atoms with E-state index in [0.717, 1.165) is 37.0 Å².